The lowest BCUT2D eigenvalue weighted by atomic mass is 10.0. The van der Waals surface area contributed by atoms with E-state index in [0.29, 0.717) is 19.4 Å². The topological polar surface area (TPSA) is 164 Å². The number of imide groups is 1. The summed E-state index contributed by atoms with van der Waals surface area (Å²) in [6, 6.07) is 13.5. The standard InChI is InChI=1S/C37H49N5O7/c1-23(37(21-27(37)20-30(38)43)40-34(46)49-36(2,3)4)48-22-25-16-14-24(15-17-25)10-7-6-8-11-26-12-9-13-28-32(26)41(5)35(47)42(28)29-18-19-31(44)39-33(29)45/h9,12-17,23,27,29H,6-8,10-11,18-22H2,1-5H3,(H2,38,43)(H,40,46)(H,39,44,45)/t23-,27?,29?,37?/m1/s1. The number of nitrogens with two attached hydrogens (primary N) is 1. The summed E-state index contributed by atoms with van der Waals surface area (Å²) < 4.78 is 14.8. The Labute approximate surface area is 286 Å². The van der Waals surface area contributed by atoms with Gasteiger partial charge in [-0.2, -0.15) is 0 Å². The molecule has 12 heteroatoms. The summed E-state index contributed by atoms with van der Waals surface area (Å²) in [5.74, 6) is -1.25. The summed E-state index contributed by atoms with van der Waals surface area (Å²) in [6.07, 6.45) is 5.13. The van der Waals surface area contributed by atoms with E-state index in [-0.39, 0.29) is 36.5 Å². The fraction of sp³-hybridized carbons (Fsp3) is 0.541. The van der Waals surface area contributed by atoms with E-state index in [0.717, 1.165) is 54.3 Å². The number of aryl methyl sites for hydroxylation is 3. The van der Waals surface area contributed by atoms with Crippen molar-refractivity contribution >= 4 is 34.8 Å². The summed E-state index contributed by atoms with van der Waals surface area (Å²) in [6.45, 7) is 7.67. The third-order valence-electron chi connectivity index (χ3n) is 9.70. The van der Waals surface area contributed by atoms with Gasteiger partial charge in [-0.3, -0.25) is 28.8 Å². The minimum Gasteiger partial charge on any atom is -0.444 e. The van der Waals surface area contributed by atoms with E-state index in [1.54, 1.807) is 32.4 Å². The number of carbonyl (C=O) groups is 4. The molecule has 1 aromatic heterocycles. The number of unbranched alkanes of at least 4 members (excludes halogenated alkanes) is 2. The molecule has 1 aliphatic carbocycles. The Morgan fingerprint density at radius 1 is 1.04 bits per heavy atom. The molecule has 4 N–H and O–H groups in total. The van der Waals surface area contributed by atoms with Crippen LogP contribution in [0.25, 0.3) is 11.0 Å². The first-order valence-corrected chi connectivity index (χ1v) is 17.2. The number of ether oxygens (including phenoxy) is 2. The zero-order valence-corrected chi connectivity index (χ0v) is 29.2. The first-order valence-electron chi connectivity index (χ1n) is 17.2. The summed E-state index contributed by atoms with van der Waals surface area (Å²) in [4.78, 5) is 61.6. The van der Waals surface area contributed by atoms with Crippen molar-refractivity contribution < 1.29 is 28.7 Å². The van der Waals surface area contributed by atoms with E-state index in [4.69, 9.17) is 15.2 Å². The molecule has 12 nitrogen and oxygen atoms in total. The Balaban J connectivity index is 1.11. The number of hydrogen-bond acceptors (Lipinski definition) is 7. The summed E-state index contributed by atoms with van der Waals surface area (Å²) >= 11 is 0. The third-order valence-corrected chi connectivity index (χ3v) is 9.70. The van der Waals surface area contributed by atoms with Gasteiger partial charge >= 0.3 is 11.8 Å². The van der Waals surface area contributed by atoms with Crippen molar-refractivity contribution in [2.24, 2.45) is 18.7 Å². The molecule has 0 radical (unpaired) electrons. The fourth-order valence-electron chi connectivity index (χ4n) is 7.04. The smallest absolute Gasteiger partial charge is 0.408 e. The molecule has 1 saturated carbocycles. The van der Waals surface area contributed by atoms with Crippen LogP contribution in [0.1, 0.15) is 95.4 Å². The molecule has 3 aromatic rings. The van der Waals surface area contributed by atoms with Crippen LogP contribution in [0.15, 0.2) is 47.3 Å². The highest BCUT2D eigenvalue weighted by Gasteiger charge is 2.60. The third kappa shape index (κ3) is 8.41. The van der Waals surface area contributed by atoms with Gasteiger partial charge in [0.25, 0.3) is 0 Å². The molecule has 4 amide bonds. The van der Waals surface area contributed by atoms with Gasteiger partial charge in [0.2, 0.25) is 17.7 Å². The minimum absolute atomic E-state index is 0.103. The van der Waals surface area contributed by atoms with Crippen LogP contribution < -0.4 is 22.1 Å². The van der Waals surface area contributed by atoms with Crippen LogP contribution in [-0.4, -0.2) is 50.2 Å². The largest absolute Gasteiger partial charge is 0.444 e. The number of nitrogens with one attached hydrogen (secondary N) is 2. The highest BCUT2D eigenvalue weighted by molar-refractivity contribution is 6.00. The summed E-state index contributed by atoms with van der Waals surface area (Å²) in [5, 5.41) is 5.33. The maximum Gasteiger partial charge on any atom is 0.408 e. The van der Waals surface area contributed by atoms with Crippen LogP contribution in [0.3, 0.4) is 0 Å². The van der Waals surface area contributed by atoms with Gasteiger partial charge in [-0.05, 0) is 94.9 Å². The fourth-order valence-corrected chi connectivity index (χ4v) is 7.04. The second kappa shape index (κ2) is 14.6. The zero-order valence-electron chi connectivity index (χ0n) is 29.2. The number of imidazole rings is 1. The van der Waals surface area contributed by atoms with E-state index >= 15 is 0 Å². The SMILES string of the molecule is C[C@@H](OCc1ccc(CCCCCc2cccc3c2n(C)c(=O)n3C2CCC(=O)NC2=O)cc1)C1(NC(=O)OC(C)(C)C)CC1CC(N)=O. The lowest BCUT2D eigenvalue weighted by Gasteiger charge is -2.28. The quantitative estimate of drug-likeness (QED) is 0.169. The number of piperidine rings is 1. The van der Waals surface area contributed by atoms with E-state index in [1.807, 2.05) is 25.1 Å². The predicted molar refractivity (Wildman–Crippen MR) is 185 cm³/mol. The van der Waals surface area contributed by atoms with E-state index < -0.39 is 35.1 Å². The molecule has 2 aliphatic rings. The van der Waals surface area contributed by atoms with Crippen molar-refractivity contribution in [3.8, 4) is 0 Å². The number of carbonyl (C=O) groups excluding carboxylic acids is 4. The molecular weight excluding hydrogens is 626 g/mol. The van der Waals surface area contributed by atoms with Crippen LogP contribution >= 0.6 is 0 Å². The Bertz CT molecular complexity index is 1770. The number of para-hydroxylation sites is 1. The lowest BCUT2D eigenvalue weighted by molar-refractivity contribution is -0.135. The average Bonchev–Trinajstić information content (AvgIpc) is 3.64. The lowest BCUT2D eigenvalue weighted by Crippen LogP contribution is -2.49. The van der Waals surface area contributed by atoms with Gasteiger partial charge in [0.1, 0.15) is 11.6 Å². The van der Waals surface area contributed by atoms with Crippen molar-refractivity contribution in [3.63, 3.8) is 0 Å². The maximum absolute atomic E-state index is 13.2. The maximum atomic E-state index is 13.2. The molecule has 1 aliphatic heterocycles. The van der Waals surface area contributed by atoms with Crippen molar-refractivity contribution in [3.05, 3.63) is 69.6 Å². The van der Waals surface area contributed by atoms with E-state index in [2.05, 4.69) is 34.9 Å². The second-order valence-electron chi connectivity index (χ2n) is 14.5. The van der Waals surface area contributed by atoms with Crippen molar-refractivity contribution in [1.29, 1.82) is 0 Å². The van der Waals surface area contributed by atoms with Crippen molar-refractivity contribution in [2.75, 3.05) is 0 Å². The molecule has 0 bridgehead atoms. The molecule has 5 rings (SSSR count). The molecule has 2 fully saturated rings. The average molecular weight is 676 g/mol. The number of rotatable bonds is 14. The highest BCUT2D eigenvalue weighted by Crippen LogP contribution is 2.49. The first kappa shape index (κ1) is 35.8. The molecule has 49 heavy (non-hydrogen) atoms. The van der Waals surface area contributed by atoms with E-state index in [1.165, 1.54) is 10.1 Å². The number of aromatic nitrogens is 2. The molecule has 3 unspecified atom stereocenters. The number of primary amides is 1. The monoisotopic (exact) mass is 675 g/mol. The molecular formula is C37H49N5O7. The Kier molecular flexibility index (Phi) is 10.7. The normalized spacial score (nSPS) is 21.3. The van der Waals surface area contributed by atoms with E-state index in [9.17, 15) is 24.0 Å². The molecule has 1 saturated heterocycles. The number of nitrogens with zero attached hydrogens (tertiary/aromatic N) is 2. The van der Waals surface area contributed by atoms with Crippen LogP contribution in [0.5, 0.6) is 0 Å². The molecule has 2 heterocycles. The second-order valence-corrected chi connectivity index (χ2v) is 14.5. The predicted octanol–water partition coefficient (Wildman–Crippen LogP) is 4.34. The summed E-state index contributed by atoms with van der Waals surface area (Å²) in [7, 11) is 1.73. The van der Waals surface area contributed by atoms with Gasteiger partial charge in [0, 0.05) is 19.9 Å². The van der Waals surface area contributed by atoms with Gasteiger partial charge in [-0.25, -0.2) is 9.59 Å². The van der Waals surface area contributed by atoms with Crippen molar-refractivity contribution in [2.45, 2.75) is 115 Å². The number of fused-ring (bicyclic) bond motifs is 1. The van der Waals surface area contributed by atoms with Crippen LogP contribution in [0.4, 0.5) is 4.79 Å². The molecule has 264 valence electrons. The van der Waals surface area contributed by atoms with Crippen LogP contribution in [0, 0.1) is 5.92 Å². The molecule has 2 aromatic carbocycles. The Hall–Kier alpha value is -4.45. The minimum atomic E-state index is -0.699. The molecule has 0 spiro atoms. The van der Waals surface area contributed by atoms with Crippen LogP contribution in [-0.2, 0) is 50.4 Å². The van der Waals surface area contributed by atoms with Gasteiger partial charge in [-0.15, -0.1) is 0 Å². The Morgan fingerprint density at radius 2 is 1.73 bits per heavy atom. The zero-order chi connectivity index (χ0) is 35.5. The molecule has 4 atom stereocenters. The van der Waals surface area contributed by atoms with Gasteiger partial charge < -0.3 is 20.5 Å². The number of alkyl carbamates (subject to hydrolysis) is 1. The van der Waals surface area contributed by atoms with Crippen LogP contribution in [0.2, 0.25) is 0 Å². The highest BCUT2D eigenvalue weighted by atomic mass is 16.6. The van der Waals surface area contributed by atoms with Crippen molar-refractivity contribution in [1.82, 2.24) is 19.8 Å². The Morgan fingerprint density at radius 3 is 2.41 bits per heavy atom. The number of hydrogen-bond donors (Lipinski definition) is 3. The number of benzene rings is 2. The van der Waals surface area contributed by atoms with Gasteiger partial charge in [-0.1, -0.05) is 42.8 Å². The summed E-state index contributed by atoms with van der Waals surface area (Å²) in [5.41, 5.74) is 8.72. The first-order chi connectivity index (χ1) is 23.2. The number of amides is 4. The van der Waals surface area contributed by atoms with Gasteiger partial charge in [0.05, 0.1) is 29.3 Å². The van der Waals surface area contributed by atoms with Gasteiger partial charge in [0.15, 0.2) is 0 Å².